The highest BCUT2D eigenvalue weighted by atomic mass is 16.6. The minimum absolute atomic E-state index is 0.0211. The standard InChI is InChI=1S/C14H23N3O4/c1-5-16(6-2)8-7-15-11-9-13(20-3)14(21-4)10-12(11)17(18)19/h9-10,15H,5-8H2,1-4H3. The zero-order chi connectivity index (χ0) is 15.8. The first-order valence-electron chi connectivity index (χ1n) is 6.93. The van der Waals surface area contributed by atoms with E-state index in [1.54, 1.807) is 6.07 Å². The predicted octanol–water partition coefficient (Wildman–Crippen LogP) is 2.37. The SMILES string of the molecule is CCN(CC)CCNc1cc(OC)c(OC)cc1[N+](=O)[O-]. The maximum atomic E-state index is 11.2. The van der Waals surface area contributed by atoms with Gasteiger partial charge in [-0.1, -0.05) is 13.8 Å². The summed E-state index contributed by atoms with van der Waals surface area (Å²) in [5, 5.41) is 14.3. The van der Waals surface area contributed by atoms with E-state index in [1.165, 1.54) is 20.3 Å². The Hall–Kier alpha value is -2.02. The highest BCUT2D eigenvalue weighted by Crippen LogP contribution is 2.37. The Labute approximate surface area is 125 Å². The third-order valence-electron chi connectivity index (χ3n) is 3.34. The molecule has 0 aromatic heterocycles. The van der Waals surface area contributed by atoms with Gasteiger partial charge in [-0.15, -0.1) is 0 Å². The molecule has 1 aromatic carbocycles. The normalized spacial score (nSPS) is 10.5. The van der Waals surface area contributed by atoms with Crippen LogP contribution in [0.25, 0.3) is 0 Å². The van der Waals surface area contributed by atoms with Crippen molar-refractivity contribution in [3.8, 4) is 11.5 Å². The van der Waals surface area contributed by atoms with E-state index in [2.05, 4.69) is 24.1 Å². The van der Waals surface area contributed by atoms with Gasteiger partial charge in [0.05, 0.1) is 25.2 Å². The Kier molecular flexibility index (Phi) is 6.74. The molecule has 0 saturated carbocycles. The van der Waals surface area contributed by atoms with Crippen molar-refractivity contribution in [2.45, 2.75) is 13.8 Å². The average molecular weight is 297 g/mol. The van der Waals surface area contributed by atoms with Crippen LogP contribution in [0.15, 0.2) is 12.1 Å². The molecule has 0 saturated heterocycles. The van der Waals surface area contributed by atoms with Crippen LogP contribution in [0.1, 0.15) is 13.8 Å². The number of nitrogens with one attached hydrogen (secondary N) is 1. The second kappa shape index (κ2) is 8.31. The fourth-order valence-corrected chi connectivity index (χ4v) is 2.05. The summed E-state index contributed by atoms with van der Waals surface area (Å²) in [4.78, 5) is 13.0. The number of likely N-dealkylation sites (N-methyl/N-ethyl adjacent to an activating group) is 1. The predicted molar refractivity (Wildman–Crippen MR) is 82.5 cm³/mol. The van der Waals surface area contributed by atoms with Crippen LogP contribution in [0.2, 0.25) is 0 Å². The number of benzene rings is 1. The second-order valence-electron chi connectivity index (χ2n) is 4.44. The van der Waals surface area contributed by atoms with E-state index >= 15 is 0 Å². The van der Waals surface area contributed by atoms with Crippen molar-refractivity contribution in [3.05, 3.63) is 22.2 Å². The summed E-state index contributed by atoms with van der Waals surface area (Å²) in [6, 6.07) is 2.97. The summed E-state index contributed by atoms with van der Waals surface area (Å²) in [6.07, 6.45) is 0. The fraction of sp³-hybridized carbons (Fsp3) is 0.571. The van der Waals surface area contributed by atoms with Crippen LogP contribution >= 0.6 is 0 Å². The molecule has 0 fully saturated rings. The van der Waals surface area contributed by atoms with E-state index in [1.807, 2.05) is 0 Å². The Morgan fingerprint density at radius 2 is 1.76 bits per heavy atom. The molecule has 1 aromatic rings. The van der Waals surface area contributed by atoms with Gasteiger partial charge in [0.15, 0.2) is 11.5 Å². The first-order chi connectivity index (χ1) is 10.1. The van der Waals surface area contributed by atoms with Gasteiger partial charge in [-0.3, -0.25) is 10.1 Å². The van der Waals surface area contributed by atoms with Crippen molar-refractivity contribution in [2.75, 3.05) is 45.7 Å². The van der Waals surface area contributed by atoms with Crippen molar-refractivity contribution in [3.63, 3.8) is 0 Å². The van der Waals surface area contributed by atoms with Crippen molar-refractivity contribution in [1.82, 2.24) is 4.90 Å². The molecule has 118 valence electrons. The minimum atomic E-state index is -0.429. The lowest BCUT2D eigenvalue weighted by atomic mass is 10.2. The number of rotatable bonds is 9. The molecule has 0 aliphatic carbocycles. The Morgan fingerprint density at radius 1 is 1.19 bits per heavy atom. The quantitative estimate of drug-likeness (QED) is 0.557. The van der Waals surface area contributed by atoms with E-state index in [4.69, 9.17) is 9.47 Å². The first kappa shape index (κ1) is 17.0. The molecule has 0 aliphatic heterocycles. The van der Waals surface area contributed by atoms with Gasteiger partial charge in [-0.25, -0.2) is 0 Å². The maximum Gasteiger partial charge on any atom is 0.296 e. The third-order valence-corrected chi connectivity index (χ3v) is 3.34. The first-order valence-corrected chi connectivity index (χ1v) is 6.93. The summed E-state index contributed by atoms with van der Waals surface area (Å²) in [5.74, 6) is 0.812. The fourth-order valence-electron chi connectivity index (χ4n) is 2.05. The molecule has 21 heavy (non-hydrogen) atoms. The molecule has 0 unspecified atom stereocenters. The topological polar surface area (TPSA) is 76.9 Å². The number of hydrogen-bond donors (Lipinski definition) is 1. The lowest BCUT2D eigenvalue weighted by molar-refractivity contribution is -0.384. The molecule has 0 bridgehead atoms. The van der Waals surface area contributed by atoms with Gasteiger partial charge in [0.1, 0.15) is 5.69 Å². The van der Waals surface area contributed by atoms with E-state index in [9.17, 15) is 10.1 Å². The summed E-state index contributed by atoms with van der Waals surface area (Å²) in [6.45, 7) is 7.51. The van der Waals surface area contributed by atoms with E-state index in [0.29, 0.717) is 23.7 Å². The molecule has 0 spiro atoms. The van der Waals surface area contributed by atoms with Crippen LogP contribution in [-0.2, 0) is 0 Å². The summed E-state index contributed by atoms with van der Waals surface area (Å²) < 4.78 is 10.3. The van der Waals surface area contributed by atoms with Crippen LogP contribution in [-0.4, -0.2) is 50.2 Å². The lowest BCUT2D eigenvalue weighted by Gasteiger charge is -2.18. The number of nitrogens with zero attached hydrogens (tertiary/aromatic N) is 2. The zero-order valence-electron chi connectivity index (χ0n) is 13.0. The Bertz CT molecular complexity index is 476. The molecule has 0 heterocycles. The van der Waals surface area contributed by atoms with E-state index in [0.717, 1.165) is 19.6 Å². The van der Waals surface area contributed by atoms with Crippen molar-refractivity contribution in [2.24, 2.45) is 0 Å². The van der Waals surface area contributed by atoms with Crippen LogP contribution in [0.3, 0.4) is 0 Å². The number of nitro groups is 1. The van der Waals surface area contributed by atoms with E-state index in [-0.39, 0.29) is 5.69 Å². The van der Waals surface area contributed by atoms with Gasteiger partial charge < -0.3 is 19.7 Å². The second-order valence-corrected chi connectivity index (χ2v) is 4.44. The monoisotopic (exact) mass is 297 g/mol. The maximum absolute atomic E-state index is 11.2. The molecule has 0 atom stereocenters. The highest BCUT2D eigenvalue weighted by molar-refractivity contribution is 5.68. The van der Waals surface area contributed by atoms with Crippen molar-refractivity contribution in [1.29, 1.82) is 0 Å². The smallest absolute Gasteiger partial charge is 0.296 e. The van der Waals surface area contributed by atoms with Crippen LogP contribution in [0.4, 0.5) is 11.4 Å². The summed E-state index contributed by atoms with van der Waals surface area (Å²) >= 11 is 0. The number of methoxy groups -OCH3 is 2. The Morgan fingerprint density at radius 3 is 2.24 bits per heavy atom. The van der Waals surface area contributed by atoms with Gasteiger partial charge in [-0.05, 0) is 13.1 Å². The van der Waals surface area contributed by atoms with Crippen LogP contribution in [0.5, 0.6) is 11.5 Å². The molecule has 1 rings (SSSR count). The van der Waals surface area contributed by atoms with Crippen molar-refractivity contribution >= 4 is 11.4 Å². The summed E-state index contributed by atoms with van der Waals surface area (Å²) in [5.41, 5.74) is 0.414. The molecule has 7 nitrogen and oxygen atoms in total. The van der Waals surface area contributed by atoms with E-state index < -0.39 is 4.92 Å². The van der Waals surface area contributed by atoms with Gasteiger partial charge >= 0.3 is 0 Å². The molecule has 7 heteroatoms. The number of nitro benzene ring substituents is 1. The van der Waals surface area contributed by atoms with Gasteiger partial charge in [0.25, 0.3) is 5.69 Å². The zero-order valence-corrected chi connectivity index (χ0v) is 13.0. The number of ether oxygens (including phenoxy) is 2. The van der Waals surface area contributed by atoms with Gasteiger partial charge in [0.2, 0.25) is 0 Å². The molecular formula is C14H23N3O4. The largest absolute Gasteiger partial charge is 0.493 e. The molecule has 1 N–H and O–H groups in total. The van der Waals surface area contributed by atoms with Crippen LogP contribution in [0, 0.1) is 10.1 Å². The third kappa shape index (κ3) is 4.49. The van der Waals surface area contributed by atoms with Crippen LogP contribution < -0.4 is 14.8 Å². The lowest BCUT2D eigenvalue weighted by Crippen LogP contribution is -2.28. The molecule has 0 radical (unpaired) electrons. The molecule has 0 aliphatic rings. The highest BCUT2D eigenvalue weighted by Gasteiger charge is 2.19. The molecule has 0 amide bonds. The minimum Gasteiger partial charge on any atom is -0.493 e. The van der Waals surface area contributed by atoms with Gasteiger partial charge in [-0.2, -0.15) is 0 Å². The summed E-state index contributed by atoms with van der Waals surface area (Å²) in [7, 11) is 2.96. The molecular weight excluding hydrogens is 274 g/mol. The van der Waals surface area contributed by atoms with Gasteiger partial charge in [0, 0.05) is 19.2 Å². The van der Waals surface area contributed by atoms with Crippen molar-refractivity contribution < 1.29 is 14.4 Å². The average Bonchev–Trinajstić information content (AvgIpc) is 2.50. The number of hydrogen-bond acceptors (Lipinski definition) is 6. The number of anilines is 1. The Balaban J connectivity index is 2.91.